The molecule has 0 atom stereocenters. The molecule has 78 valence electrons. The van der Waals surface area contributed by atoms with Crippen LogP contribution < -0.4 is 5.32 Å². The van der Waals surface area contributed by atoms with Crippen molar-refractivity contribution in [3.63, 3.8) is 0 Å². The van der Waals surface area contributed by atoms with E-state index in [2.05, 4.69) is 21.2 Å². The molecular weight excluding hydrogens is 245 g/mol. The summed E-state index contributed by atoms with van der Waals surface area (Å²) in [4.78, 5) is 0. The Morgan fingerprint density at radius 2 is 1.86 bits per heavy atom. The normalized spacial score (nSPS) is 10.4. The molecule has 0 aliphatic rings. The summed E-state index contributed by atoms with van der Waals surface area (Å²) >= 11 is 3.38. The van der Waals surface area contributed by atoms with Gasteiger partial charge in [-0.3, -0.25) is 0 Å². The monoisotopic (exact) mass is 259 g/mol. The highest BCUT2D eigenvalue weighted by atomic mass is 79.9. The highest BCUT2D eigenvalue weighted by molar-refractivity contribution is 9.09. The molecule has 0 saturated carbocycles. The standard InChI is InChI=1S/C11H15BrFN/c12-7-1-2-8-14-9-10-3-5-11(13)6-4-10/h3-6,14H,1-2,7-9H2. The fourth-order valence-corrected chi connectivity index (χ4v) is 1.58. The summed E-state index contributed by atoms with van der Waals surface area (Å²) < 4.78 is 12.5. The van der Waals surface area contributed by atoms with E-state index in [0.29, 0.717) is 0 Å². The molecule has 1 rings (SSSR count). The van der Waals surface area contributed by atoms with E-state index < -0.39 is 0 Å². The van der Waals surface area contributed by atoms with Crippen molar-refractivity contribution in [2.45, 2.75) is 19.4 Å². The highest BCUT2D eigenvalue weighted by Crippen LogP contribution is 2.02. The van der Waals surface area contributed by atoms with Crippen LogP contribution in [-0.4, -0.2) is 11.9 Å². The van der Waals surface area contributed by atoms with Crippen molar-refractivity contribution in [2.24, 2.45) is 0 Å². The molecule has 1 N–H and O–H groups in total. The van der Waals surface area contributed by atoms with Crippen molar-refractivity contribution in [2.75, 3.05) is 11.9 Å². The van der Waals surface area contributed by atoms with E-state index in [-0.39, 0.29) is 5.82 Å². The number of rotatable bonds is 6. The minimum Gasteiger partial charge on any atom is -0.313 e. The van der Waals surface area contributed by atoms with Gasteiger partial charge in [-0.1, -0.05) is 28.1 Å². The number of hydrogen-bond acceptors (Lipinski definition) is 1. The zero-order chi connectivity index (χ0) is 10.2. The summed E-state index contributed by atoms with van der Waals surface area (Å²) in [6, 6.07) is 6.62. The van der Waals surface area contributed by atoms with Crippen molar-refractivity contribution in [3.8, 4) is 0 Å². The second kappa shape index (κ2) is 6.96. The predicted octanol–water partition coefficient (Wildman–Crippen LogP) is 3.09. The Labute approximate surface area is 92.8 Å². The van der Waals surface area contributed by atoms with Gasteiger partial charge in [-0.2, -0.15) is 0 Å². The number of halogens is 2. The van der Waals surface area contributed by atoms with Gasteiger partial charge in [-0.05, 0) is 37.1 Å². The van der Waals surface area contributed by atoms with Gasteiger partial charge in [0, 0.05) is 11.9 Å². The third-order valence-corrected chi connectivity index (χ3v) is 2.54. The highest BCUT2D eigenvalue weighted by Gasteiger charge is 1.93. The summed E-state index contributed by atoms with van der Waals surface area (Å²) in [6.07, 6.45) is 2.36. The fraction of sp³-hybridized carbons (Fsp3) is 0.455. The van der Waals surface area contributed by atoms with Gasteiger partial charge in [0.1, 0.15) is 5.82 Å². The number of alkyl halides is 1. The predicted molar refractivity (Wildman–Crippen MR) is 61.1 cm³/mol. The van der Waals surface area contributed by atoms with Crippen molar-refractivity contribution in [1.29, 1.82) is 0 Å². The van der Waals surface area contributed by atoms with Crippen LogP contribution in [-0.2, 0) is 6.54 Å². The SMILES string of the molecule is Fc1ccc(CNCCCCBr)cc1. The molecule has 0 amide bonds. The van der Waals surface area contributed by atoms with E-state index in [1.54, 1.807) is 0 Å². The van der Waals surface area contributed by atoms with Crippen LogP contribution in [0.3, 0.4) is 0 Å². The number of nitrogens with one attached hydrogen (secondary N) is 1. The minimum absolute atomic E-state index is 0.173. The maximum Gasteiger partial charge on any atom is 0.123 e. The van der Waals surface area contributed by atoms with Crippen molar-refractivity contribution in [3.05, 3.63) is 35.6 Å². The molecule has 1 nitrogen and oxygen atoms in total. The summed E-state index contributed by atoms with van der Waals surface area (Å²) in [5.74, 6) is -0.173. The lowest BCUT2D eigenvalue weighted by Gasteiger charge is -2.03. The van der Waals surface area contributed by atoms with Gasteiger partial charge in [-0.25, -0.2) is 4.39 Å². The van der Waals surface area contributed by atoms with Crippen molar-refractivity contribution in [1.82, 2.24) is 5.32 Å². The molecule has 0 bridgehead atoms. The van der Waals surface area contributed by atoms with Gasteiger partial charge in [0.15, 0.2) is 0 Å². The first-order valence-electron chi connectivity index (χ1n) is 4.84. The van der Waals surface area contributed by atoms with E-state index >= 15 is 0 Å². The topological polar surface area (TPSA) is 12.0 Å². The molecule has 0 aromatic heterocycles. The second-order valence-electron chi connectivity index (χ2n) is 3.20. The molecule has 0 aliphatic heterocycles. The Kier molecular flexibility index (Phi) is 5.80. The van der Waals surface area contributed by atoms with Gasteiger partial charge in [-0.15, -0.1) is 0 Å². The van der Waals surface area contributed by atoms with Gasteiger partial charge < -0.3 is 5.32 Å². The van der Waals surface area contributed by atoms with E-state index in [1.807, 2.05) is 12.1 Å². The largest absolute Gasteiger partial charge is 0.313 e. The molecule has 0 fully saturated rings. The average molecular weight is 260 g/mol. The Morgan fingerprint density at radius 3 is 2.50 bits per heavy atom. The first-order valence-corrected chi connectivity index (χ1v) is 5.96. The lowest BCUT2D eigenvalue weighted by Crippen LogP contribution is -2.14. The van der Waals surface area contributed by atoms with Gasteiger partial charge in [0.2, 0.25) is 0 Å². The van der Waals surface area contributed by atoms with Crippen LogP contribution in [0.5, 0.6) is 0 Å². The first-order chi connectivity index (χ1) is 6.83. The van der Waals surface area contributed by atoms with Crippen LogP contribution in [0.2, 0.25) is 0 Å². The third-order valence-electron chi connectivity index (χ3n) is 1.98. The molecule has 3 heteroatoms. The van der Waals surface area contributed by atoms with Crippen LogP contribution in [0.1, 0.15) is 18.4 Å². The molecule has 1 aromatic carbocycles. The minimum atomic E-state index is -0.173. The quantitative estimate of drug-likeness (QED) is 0.612. The summed E-state index contributed by atoms with van der Waals surface area (Å²) in [7, 11) is 0. The lowest BCUT2D eigenvalue weighted by atomic mass is 10.2. The molecule has 0 unspecified atom stereocenters. The average Bonchev–Trinajstić information content (AvgIpc) is 2.21. The first kappa shape index (κ1) is 11.7. The summed E-state index contributed by atoms with van der Waals surface area (Å²) in [6.45, 7) is 1.84. The Hall–Kier alpha value is -0.410. The van der Waals surface area contributed by atoms with Gasteiger partial charge >= 0.3 is 0 Å². The lowest BCUT2D eigenvalue weighted by molar-refractivity contribution is 0.622. The van der Waals surface area contributed by atoms with Crippen LogP contribution in [0.15, 0.2) is 24.3 Å². The summed E-state index contributed by atoms with van der Waals surface area (Å²) in [5.41, 5.74) is 1.13. The Balaban J connectivity index is 2.15. The van der Waals surface area contributed by atoms with E-state index in [0.717, 1.165) is 24.0 Å². The van der Waals surface area contributed by atoms with Crippen LogP contribution in [0.25, 0.3) is 0 Å². The Morgan fingerprint density at radius 1 is 1.14 bits per heavy atom. The molecule has 1 aromatic rings. The van der Waals surface area contributed by atoms with Crippen LogP contribution in [0, 0.1) is 5.82 Å². The van der Waals surface area contributed by atoms with Gasteiger partial charge in [0.25, 0.3) is 0 Å². The van der Waals surface area contributed by atoms with Crippen molar-refractivity contribution < 1.29 is 4.39 Å². The van der Waals surface area contributed by atoms with Crippen LogP contribution >= 0.6 is 15.9 Å². The van der Waals surface area contributed by atoms with Gasteiger partial charge in [0.05, 0.1) is 0 Å². The summed E-state index contributed by atoms with van der Waals surface area (Å²) in [5, 5.41) is 4.37. The van der Waals surface area contributed by atoms with E-state index in [4.69, 9.17) is 0 Å². The number of benzene rings is 1. The maximum absolute atomic E-state index is 12.5. The molecular formula is C11H15BrFN. The number of unbranched alkanes of at least 4 members (excludes halogenated alkanes) is 1. The van der Waals surface area contributed by atoms with Crippen molar-refractivity contribution >= 4 is 15.9 Å². The molecule has 0 saturated heterocycles. The molecule has 0 spiro atoms. The zero-order valence-corrected chi connectivity index (χ0v) is 9.69. The molecule has 0 heterocycles. The van der Waals surface area contributed by atoms with E-state index in [9.17, 15) is 4.39 Å². The molecule has 14 heavy (non-hydrogen) atoms. The number of hydrogen-bond donors (Lipinski definition) is 1. The zero-order valence-electron chi connectivity index (χ0n) is 8.10. The fourth-order valence-electron chi connectivity index (χ4n) is 1.18. The molecule has 0 radical (unpaired) electrons. The maximum atomic E-state index is 12.5. The van der Waals surface area contributed by atoms with E-state index in [1.165, 1.54) is 25.0 Å². The second-order valence-corrected chi connectivity index (χ2v) is 3.99. The Bertz CT molecular complexity index is 248. The smallest absolute Gasteiger partial charge is 0.123 e. The van der Waals surface area contributed by atoms with Crippen LogP contribution in [0.4, 0.5) is 4.39 Å². The third kappa shape index (κ3) is 4.72. The molecule has 0 aliphatic carbocycles.